The van der Waals surface area contributed by atoms with Gasteiger partial charge < -0.3 is 10.2 Å². The molecular weight excluding hydrogens is 207 g/mol. The third kappa shape index (κ3) is 1.87. The standard InChI is InChI=1S/C12H15FN2O/c1-3-8(2)15-7-12(16)14-10-5-4-9(13)6-11(10)15/h4-6,8H,3,7H2,1-2H3,(H,14,16). The van der Waals surface area contributed by atoms with Gasteiger partial charge in [0.1, 0.15) is 5.82 Å². The number of halogens is 1. The number of benzene rings is 1. The van der Waals surface area contributed by atoms with E-state index in [1.54, 1.807) is 6.07 Å². The highest BCUT2D eigenvalue weighted by Gasteiger charge is 2.25. The van der Waals surface area contributed by atoms with Crippen molar-refractivity contribution in [1.29, 1.82) is 0 Å². The lowest BCUT2D eigenvalue weighted by Crippen LogP contribution is -2.43. The SMILES string of the molecule is CCC(C)N1CC(=O)Nc2ccc(F)cc21. The summed E-state index contributed by atoms with van der Waals surface area (Å²) in [4.78, 5) is 13.4. The highest BCUT2D eigenvalue weighted by Crippen LogP contribution is 2.31. The minimum absolute atomic E-state index is 0.0422. The van der Waals surface area contributed by atoms with Crippen LogP contribution in [0.2, 0.25) is 0 Å². The van der Waals surface area contributed by atoms with E-state index >= 15 is 0 Å². The molecule has 1 aromatic rings. The molecule has 0 bridgehead atoms. The number of nitrogens with zero attached hydrogens (tertiary/aromatic N) is 1. The van der Waals surface area contributed by atoms with Crippen LogP contribution in [-0.2, 0) is 4.79 Å². The number of carbonyl (C=O) groups is 1. The van der Waals surface area contributed by atoms with Crippen LogP contribution in [0.1, 0.15) is 20.3 Å². The van der Waals surface area contributed by atoms with Crippen molar-refractivity contribution in [1.82, 2.24) is 0 Å². The molecule has 1 aliphatic heterocycles. The molecule has 4 heteroatoms. The van der Waals surface area contributed by atoms with E-state index < -0.39 is 0 Å². The molecule has 0 saturated heterocycles. The average molecular weight is 222 g/mol. The van der Waals surface area contributed by atoms with Crippen molar-refractivity contribution in [3.05, 3.63) is 24.0 Å². The Morgan fingerprint density at radius 3 is 3.00 bits per heavy atom. The van der Waals surface area contributed by atoms with Crippen LogP contribution in [-0.4, -0.2) is 18.5 Å². The van der Waals surface area contributed by atoms with Crippen molar-refractivity contribution in [3.8, 4) is 0 Å². The van der Waals surface area contributed by atoms with Crippen LogP contribution in [0.5, 0.6) is 0 Å². The average Bonchev–Trinajstić information content (AvgIpc) is 2.27. The second-order valence-electron chi connectivity index (χ2n) is 4.09. The fourth-order valence-electron chi connectivity index (χ4n) is 1.89. The van der Waals surface area contributed by atoms with Crippen molar-refractivity contribution in [2.24, 2.45) is 0 Å². The zero-order valence-electron chi connectivity index (χ0n) is 9.46. The van der Waals surface area contributed by atoms with E-state index in [0.717, 1.165) is 12.1 Å². The van der Waals surface area contributed by atoms with E-state index in [1.165, 1.54) is 12.1 Å². The molecule has 1 atom stereocenters. The van der Waals surface area contributed by atoms with Crippen LogP contribution in [0.25, 0.3) is 0 Å². The van der Waals surface area contributed by atoms with Gasteiger partial charge in [-0.3, -0.25) is 4.79 Å². The van der Waals surface area contributed by atoms with E-state index in [4.69, 9.17) is 0 Å². The topological polar surface area (TPSA) is 32.3 Å². The Morgan fingerprint density at radius 2 is 2.31 bits per heavy atom. The van der Waals surface area contributed by atoms with Crippen LogP contribution in [0, 0.1) is 5.82 Å². The third-order valence-electron chi connectivity index (χ3n) is 2.98. The fourth-order valence-corrected chi connectivity index (χ4v) is 1.89. The molecule has 0 aromatic heterocycles. The molecule has 0 aliphatic carbocycles. The van der Waals surface area contributed by atoms with Crippen molar-refractivity contribution in [2.45, 2.75) is 26.3 Å². The van der Waals surface area contributed by atoms with E-state index in [-0.39, 0.29) is 17.8 Å². The number of hydrogen-bond acceptors (Lipinski definition) is 2. The summed E-state index contributed by atoms with van der Waals surface area (Å²) in [5, 5.41) is 2.75. The summed E-state index contributed by atoms with van der Waals surface area (Å²) < 4.78 is 13.2. The zero-order chi connectivity index (χ0) is 11.7. The number of fused-ring (bicyclic) bond motifs is 1. The second-order valence-corrected chi connectivity index (χ2v) is 4.09. The predicted octanol–water partition coefficient (Wildman–Crippen LogP) is 2.38. The maximum absolute atomic E-state index is 13.2. The van der Waals surface area contributed by atoms with E-state index in [0.29, 0.717) is 12.2 Å². The molecule has 1 N–H and O–H groups in total. The summed E-state index contributed by atoms with van der Waals surface area (Å²) in [5.74, 6) is -0.317. The zero-order valence-corrected chi connectivity index (χ0v) is 9.46. The van der Waals surface area contributed by atoms with Crippen molar-refractivity contribution >= 4 is 17.3 Å². The highest BCUT2D eigenvalue weighted by molar-refractivity contribution is 6.01. The Morgan fingerprint density at radius 1 is 1.56 bits per heavy atom. The number of hydrogen-bond donors (Lipinski definition) is 1. The van der Waals surface area contributed by atoms with Gasteiger partial charge in [-0.05, 0) is 31.5 Å². The molecule has 0 spiro atoms. The lowest BCUT2D eigenvalue weighted by molar-refractivity contribution is -0.115. The van der Waals surface area contributed by atoms with Gasteiger partial charge in [-0.15, -0.1) is 0 Å². The lowest BCUT2D eigenvalue weighted by atomic mass is 10.1. The van der Waals surface area contributed by atoms with Crippen LogP contribution in [0.15, 0.2) is 18.2 Å². The Bertz CT molecular complexity index is 419. The summed E-state index contributed by atoms with van der Waals surface area (Å²) in [7, 11) is 0. The third-order valence-corrected chi connectivity index (χ3v) is 2.98. The number of carbonyl (C=O) groups excluding carboxylic acids is 1. The summed E-state index contributed by atoms with van der Waals surface area (Å²) in [5.41, 5.74) is 1.46. The summed E-state index contributed by atoms with van der Waals surface area (Å²) in [6.45, 7) is 4.38. The van der Waals surface area contributed by atoms with Crippen molar-refractivity contribution < 1.29 is 9.18 Å². The van der Waals surface area contributed by atoms with Gasteiger partial charge >= 0.3 is 0 Å². The quantitative estimate of drug-likeness (QED) is 0.833. The molecule has 3 nitrogen and oxygen atoms in total. The van der Waals surface area contributed by atoms with E-state index in [2.05, 4.69) is 12.2 Å². The van der Waals surface area contributed by atoms with Crippen LogP contribution in [0.4, 0.5) is 15.8 Å². The van der Waals surface area contributed by atoms with Gasteiger partial charge in [-0.25, -0.2) is 4.39 Å². The van der Waals surface area contributed by atoms with Gasteiger partial charge in [0.15, 0.2) is 0 Å². The Balaban J connectivity index is 2.43. The number of nitrogens with one attached hydrogen (secondary N) is 1. The molecule has 1 unspecified atom stereocenters. The number of rotatable bonds is 2. The first-order chi connectivity index (χ1) is 7.61. The Hall–Kier alpha value is -1.58. The minimum atomic E-state index is -0.275. The van der Waals surface area contributed by atoms with Gasteiger partial charge in [0.2, 0.25) is 5.91 Å². The molecule has 2 rings (SSSR count). The van der Waals surface area contributed by atoms with Crippen LogP contribution in [0.3, 0.4) is 0 Å². The van der Waals surface area contributed by atoms with Crippen molar-refractivity contribution in [2.75, 3.05) is 16.8 Å². The molecule has 1 amide bonds. The molecular formula is C12H15FN2O. The molecule has 0 saturated carbocycles. The van der Waals surface area contributed by atoms with Crippen LogP contribution >= 0.6 is 0 Å². The molecule has 86 valence electrons. The molecule has 0 fully saturated rings. The molecule has 0 radical (unpaired) electrons. The Labute approximate surface area is 94.3 Å². The normalized spacial score (nSPS) is 16.7. The maximum atomic E-state index is 13.2. The van der Waals surface area contributed by atoms with Gasteiger partial charge in [0.05, 0.1) is 17.9 Å². The minimum Gasteiger partial charge on any atom is -0.358 e. The van der Waals surface area contributed by atoms with Gasteiger partial charge in [-0.2, -0.15) is 0 Å². The summed E-state index contributed by atoms with van der Waals surface area (Å²) in [6, 6.07) is 4.67. The number of anilines is 2. The first kappa shape index (κ1) is 10.9. The molecule has 1 heterocycles. The van der Waals surface area contributed by atoms with E-state index in [1.807, 2.05) is 11.8 Å². The Kier molecular flexibility index (Phi) is 2.81. The van der Waals surface area contributed by atoms with Crippen LogP contribution < -0.4 is 10.2 Å². The maximum Gasteiger partial charge on any atom is 0.243 e. The van der Waals surface area contributed by atoms with Gasteiger partial charge in [-0.1, -0.05) is 6.92 Å². The smallest absolute Gasteiger partial charge is 0.243 e. The van der Waals surface area contributed by atoms with Gasteiger partial charge in [0, 0.05) is 6.04 Å². The second kappa shape index (κ2) is 4.12. The van der Waals surface area contributed by atoms with Crippen molar-refractivity contribution in [3.63, 3.8) is 0 Å². The largest absolute Gasteiger partial charge is 0.358 e. The molecule has 16 heavy (non-hydrogen) atoms. The monoisotopic (exact) mass is 222 g/mol. The number of amides is 1. The van der Waals surface area contributed by atoms with Gasteiger partial charge in [0.25, 0.3) is 0 Å². The first-order valence-electron chi connectivity index (χ1n) is 5.48. The lowest BCUT2D eigenvalue weighted by Gasteiger charge is -2.35. The first-order valence-corrected chi connectivity index (χ1v) is 5.48. The van der Waals surface area contributed by atoms with E-state index in [9.17, 15) is 9.18 Å². The highest BCUT2D eigenvalue weighted by atomic mass is 19.1. The summed E-state index contributed by atoms with van der Waals surface area (Å²) in [6.07, 6.45) is 0.920. The summed E-state index contributed by atoms with van der Waals surface area (Å²) >= 11 is 0. The predicted molar refractivity (Wildman–Crippen MR) is 62.1 cm³/mol. The molecule has 1 aliphatic rings. The molecule has 1 aromatic carbocycles. The fraction of sp³-hybridized carbons (Fsp3) is 0.417.